The van der Waals surface area contributed by atoms with Crippen LogP contribution in [0.25, 0.3) is 0 Å². The Kier molecular flexibility index (Phi) is 7.25. The summed E-state index contributed by atoms with van der Waals surface area (Å²) in [6.45, 7) is 7.90. The quantitative estimate of drug-likeness (QED) is 0.531. The second-order valence-electron chi connectivity index (χ2n) is 6.81. The van der Waals surface area contributed by atoms with Crippen molar-refractivity contribution in [1.82, 2.24) is 25.7 Å². The van der Waals surface area contributed by atoms with Crippen LogP contribution in [0.15, 0.2) is 33.8 Å². The number of nitrogens with zero attached hydrogens (tertiary/aromatic N) is 4. The van der Waals surface area contributed by atoms with Crippen molar-refractivity contribution in [2.24, 2.45) is 4.99 Å². The molecule has 0 aliphatic carbocycles. The molecule has 1 aromatic heterocycles. The van der Waals surface area contributed by atoms with E-state index in [0.29, 0.717) is 18.3 Å². The Hall–Kier alpha value is -2.61. The van der Waals surface area contributed by atoms with Crippen molar-refractivity contribution in [3.63, 3.8) is 0 Å². The Bertz CT molecular complexity index is 770. The largest absolute Gasteiger partial charge is 0.496 e. The van der Waals surface area contributed by atoms with Gasteiger partial charge in [0.1, 0.15) is 12.3 Å². The number of nitrogens with one attached hydrogen (secondary N) is 2. The molecular formula is C20H30N6O2. The zero-order chi connectivity index (χ0) is 19.8. The van der Waals surface area contributed by atoms with Gasteiger partial charge in [0.25, 0.3) is 0 Å². The first-order valence-corrected chi connectivity index (χ1v) is 9.89. The number of likely N-dealkylation sites (tertiary alicyclic amines) is 1. The maximum Gasteiger partial charge on any atom is 0.223 e. The summed E-state index contributed by atoms with van der Waals surface area (Å²) in [7, 11) is 1.73. The van der Waals surface area contributed by atoms with Gasteiger partial charge < -0.3 is 19.9 Å². The Morgan fingerprint density at radius 2 is 2.07 bits per heavy atom. The highest BCUT2D eigenvalue weighted by Crippen LogP contribution is 2.31. The molecule has 28 heavy (non-hydrogen) atoms. The molecule has 1 saturated heterocycles. The maximum absolute atomic E-state index is 5.62. The molecule has 0 spiro atoms. The molecule has 2 heterocycles. The second-order valence-corrected chi connectivity index (χ2v) is 6.81. The van der Waals surface area contributed by atoms with Gasteiger partial charge in [-0.2, -0.15) is 4.98 Å². The lowest BCUT2D eigenvalue weighted by Crippen LogP contribution is -2.42. The Labute approximate surface area is 166 Å². The van der Waals surface area contributed by atoms with E-state index in [0.717, 1.165) is 37.9 Å². The summed E-state index contributed by atoms with van der Waals surface area (Å²) in [4.78, 5) is 11.3. The van der Waals surface area contributed by atoms with Crippen LogP contribution < -0.4 is 15.4 Å². The van der Waals surface area contributed by atoms with Gasteiger partial charge >= 0.3 is 0 Å². The molecule has 1 aromatic carbocycles. The number of aliphatic imine (C=N–C) groups is 1. The highest BCUT2D eigenvalue weighted by atomic mass is 16.5. The van der Waals surface area contributed by atoms with Crippen molar-refractivity contribution in [2.45, 2.75) is 39.3 Å². The van der Waals surface area contributed by atoms with E-state index in [1.807, 2.05) is 19.1 Å². The summed E-state index contributed by atoms with van der Waals surface area (Å²) in [6, 6.07) is 8.47. The lowest BCUT2D eigenvalue weighted by molar-refractivity contribution is 0.239. The van der Waals surface area contributed by atoms with Gasteiger partial charge in [-0.15, -0.1) is 0 Å². The molecule has 1 aliphatic heterocycles. The van der Waals surface area contributed by atoms with E-state index in [2.05, 4.69) is 42.8 Å². The number of aromatic nitrogens is 2. The van der Waals surface area contributed by atoms with E-state index in [9.17, 15) is 0 Å². The Morgan fingerprint density at radius 1 is 1.29 bits per heavy atom. The van der Waals surface area contributed by atoms with Crippen LogP contribution >= 0.6 is 0 Å². The maximum atomic E-state index is 5.62. The van der Waals surface area contributed by atoms with Crippen molar-refractivity contribution in [2.75, 3.05) is 33.3 Å². The minimum Gasteiger partial charge on any atom is -0.496 e. The standard InChI is InChI=1S/C20H30N6O2/c1-4-21-20(23-14-19-24-15(2)28-25-19)22-13-17(26-11-7-8-12-26)16-9-5-6-10-18(16)27-3/h5-6,9-10,17H,4,7-8,11-14H2,1-3H3,(H2,21,22,23). The molecular weight excluding hydrogens is 356 g/mol. The summed E-state index contributed by atoms with van der Waals surface area (Å²) in [5, 5.41) is 10.7. The van der Waals surface area contributed by atoms with E-state index in [1.54, 1.807) is 14.0 Å². The SMILES string of the molecule is CCNC(=NCc1noc(C)n1)NCC(c1ccccc1OC)N1CCCC1. The lowest BCUT2D eigenvalue weighted by Gasteiger charge is -2.30. The van der Waals surface area contributed by atoms with Crippen molar-refractivity contribution < 1.29 is 9.26 Å². The lowest BCUT2D eigenvalue weighted by atomic mass is 10.0. The smallest absolute Gasteiger partial charge is 0.223 e. The average molecular weight is 387 g/mol. The van der Waals surface area contributed by atoms with Gasteiger partial charge in [-0.1, -0.05) is 23.4 Å². The van der Waals surface area contributed by atoms with Gasteiger partial charge in [-0.25, -0.2) is 4.99 Å². The number of ether oxygens (including phenoxy) is 1. The Balaban J connectivity index is 1.73. The van der Waals surface area contributed by atoms with Crippen molar-refractivity contribution in [1.29, 1.82) is 0 Å². The summed E-state index contributed by atoms with van der Waals surface area (Å²) in [5.74, 6) is 2.79. The number of para-hydroxylation sites is 1. The predicted molar refractivity (Wildman–Crippen MR) is 108 cm³/mol. The summed E-state index contributed by atoms with van der Waals surface area (Å²) in [6.07, 6.45) is 2.47. The first-order chi connectivity index (χ1) is 13.7. The number of hydrogen-bond acceptors (Lipinski definition) is 6. The fourth-order valence-electron chi connectivity index (χ4n) is 3.52. The average Bonchev–Trinajstić information content (AvgIpc) is 3.38. The van der Waals surface area contributed by atoms with Gasteiger partial charge in [-0.05, 0) is 38.9 Å². The van der Waals surface area contributed by atoms with Crippen LogP contribution in [0.4, 0.5) is 0 Å². The Morgan fingerprint density at radius 3 is 2.75 bits per heavy atom. The molecule has 1 unspecified atom stereocenters. The first-order valence-electron chi connectivity index (χ1n) is 9.89. The molecule has 8 heteroatoms. The molecule has 8 nitrogen and oxygen atoms in total. The van der Waals surface area contributed by atoms with Crippen molar-refractivity contribution in [3.8, 4) is 5.75 Å². The highest BCUT2D eigenvalue weighted by molar-refractivity contribution is 5.79. The molecule has 0 radical (unpaired) electrons. The molecule has 152 valence electrons. The number of guanidine groups is 1. The van der Waals surface area contributed by atoms with Gasteiger partial charge in [0.05, 0.1) is 13.2 Å². The van der Waals surface area contributed by atoms with Crippen molar-refractivity contribution in [3.05, 3.63) is 41.5 Å². The van der Waals surface area contributed by atoms with Gasteiger partial charge in [0.2, 0.25) is 5.89 Å². The fraction of sp³-hybridized carbons (Fsp3) is 0.550. The van der Waals surface area contributed by atoms with Gasteiger partial charge in [-0.3, -0.25) is 4.90 Å². The van der Waals surface area contributed by atoms with Crippen LogP contribution in [-0.2, 0) is 6.54 Å². The van der Waals surface area contributed by atoms with Crippen LogP contribution in [-0.4, -0.2) is 54.3 Å². The third kappa shape index (κ3) is 5.22. The third-order valence-corrected chi connectivity index (χ3v) is 4.83. The molecule has 0 amide bonds. The zero-order valence-corrected chi connectivity index (χ0v) is 16.9. The minimum absolute atomic E-state index is 0.218. The van der Waals surface area contributed by atoms with Crippen LogP contribution in [0.5, 0.6) is 5.75 Å². The summed E-state index contributed by atoms with van der Waals surface area (Å²) < 4.78 is 10.6. The second kappa shape index (κ2) is 10.1. The third-order valence-electron chi connectivity index (χ3n) is 4.83. The summed E-state index contributed by atoms with van der Waals surface area (Å²) in [5.41, 5.74) is 1.20. The summed E-state index contributed by atoms with van der Waals surface area (Å²) >= 11 is 0. The monoisotopic (exact) mass is 386 g/mol. The minimum atomic E-state index is 0.218. The molecule has 1 atom stereocenters. The van der Waals surface area contributed by atoms with Gasteiger partial charge in [0, 0.05) is 25.6 Å². The zero-order valence-electron chi connectivity index (χ0n) is 16.9. The highest BCUT2D eigenvalue weighted by Gasteiger charge is 2.26. The molecule has 2 N–H and O–H groups in total. The van der Waals surface area contributed by atoms with Crippen LogP contribution in [0, 0.1) is 6.92 Å². The molecule has 2 aromatic rings. The van der Waals surface area contributed by atoms with Gasteiger partial charge in [0.15, 0.2) is 11.8 Å². The van der Waals surface area contributed by atoms with Crippen molar-refractivity contribution >= 4 is 5.96 Å². The topological polar surface area (TPSA) is 87.8 Å². The van der Waals surface area contributed by atoms with E-state index in [1.165, 1.54) is 18.4 Å². The number of hydrogen-bond donors (Lipinski definition) is 2. The van der Waals surface area contributed by atoms with E-state index < -0.39 is 0 Å². The molecule has 1 fully saturated rings. The van der Waals surface area contributed by atoms with E-state index in [4.69, 9.17) is 9.26 Å². The van der Waals surface area contributed by atoms with Crippen LogP contribution in [0.2, 0.25) is 0 Å². The molecule has 1 aliphatic rings. The van der Waals surface area contributed by atoms with E-state index >= 15 is 0 Å². The molecule has 0 bridgehead atoms. The fourth-order valence-corrected chi connectivity index (χ4v) is 3.52. The number of rotatable bonds is 8. The normalized spacial score (nSPS) is 16.2. The number of methoxy groups -OCH3 is 1. The first kappa shape index (κ1) is 20.1. The number of benzene rings is 1. The molecule has 3 rings (SSSR count). The van der Waals surface area contributed by atoms with Crippen LogP contribution in [0.3, 0.4) is 0 Å². The van der Waals surface area contributed by atoms with E-state index in [-0.39, 0.29) is 6.04 Å². The molecule has 0 saturated carbocycles. The van der Waals surface area contributed by atoms with Crippen LogP contribution in [0.1, 0.15) is 43.1 Å². The predicted octanol–water partition coefficient (Wildman–Crippen LogP) is 2.28. The number of aryl methyl sites for hydroxylation is 1.